The molecular formula is C19H20N2OS. The number of nitrogens with one attached hydrogen (secondary N) is 1. The molecule has 0 saturated heterocycles. The van der Waals surface area contributed by atoms with Crippen molar-refractivity contribution in [3.63, 3.8) is 0 Å². The summed E-state index contributed by atoms with van der Waals surface area (Å²) in [5.74, 6) is 0.166. The standard InChI is InChI=1S/C19H20N2OS/c1-19(2,3)14-8-10-15(11-9-14)21-18(22)16-6-4-5-7-17(16)23-13-12-20/h4-11H,13H2,1-3H3,(H,21,22). The van der Waals surface area contributed by atoms with E-state index in [2.05, 4.69) is 32.2 Å². The fourth-order valence-corrected chi connectivity index (χ4v) is 2.85. The van der Waals surface area contributed by atoms with Gasteiger partial charge in [-0.25, -0.2) is 0 Å². The van der Waals surface area contributed by atoms with Gasteiger partial charge in [0.05, 0.1) is 17.4 Å². The Hall–Kier alpha value is -2.25. The summed E-state index contributed by atoms with van der Waals surface area (Å²) in [5.41, 5.74) is 2.67. The number of hydrogen-bond donors (Lipinski definition) is 1. The van der Waals surface area contributed by atoms with E-state index in [1.807, 2.05) is 42.5 Å². The Morgan fingerprint density at radius 2 is 1.78 bits per heavy atom. The molecule has 2 rings (SSSR count). The average Bonchev–Trinajstić information content (AvgIpc) is 2.53. The second kappa shape index (κ2) is 7.34. The maximum absolute atomic E-state index is 12.5. The maximum atomic E-state index is 12.5. The number of nitriles is 1. The molecule has 0 aromatic heterocycles. The molecule has 0 bridgehead atoms. The van der Waals surface area contributed by atoms with Crippen LogP contribution in [0.4, 0.5) is 5.69 Å². The summed E-state index contributed by atoms with van der Waals surface area (Å²) in [7, 11) is 0. The molecule has 1 amide bonds. The number of nitrogens with zero attached hydrogens (tertiary/aromatic N) is 1. The minimum absolute atomic E-state index is 0.0864. The fourth-order valence-electron chi connectivity index (χ4n) is 2.14. The van der Waals surface area contributed by atoms with Gasteiger partial charge in [-0.05, 0) is 35.2 Å². The molecule has 0 aliphatic carbocycles. The Morgan fingerprint density at radius 1 is 1.13 bits per heavy atom. The predicted octanol–water partition coefficient (Wildman–Crippen LogP) is 4.85. The molecule has 0 radical (unpaired) electrons. The topological polar surface area (TPSA) is 52.9 Å². The van der Waals surface area contributed by atoms with Crippen LogP contribution in [0.25, 0.3) is 0 Å². The van der Waals surface area contributed by atoms with Crippen LogP contribution >= 0.6 is 11.8 Å². The summed E-state index contributed by atoms with van der Waals surface area (Å²) in [6.45, 7) is 6.47. The van der Waals surface area contributed by atoms with Crippen LogP contribution in [0, 0.1) is 11.3 Å². The first-order chi connectivity index (χ1) is 10.9. The number of thioether (sulfide) groups is 1. The van der Waals surface area contributed by atoms with Gasteiger partial charge in [0.25, 0.3) is 5.91 Å². The largest absolute Gasteiger partial charge is 0.322 e. The average molecular weight is 324 g/mol. The van der Waals surface area contributed by atoms with Crippen LogP contribution in [0.15, 0.2) is 53.4 Å². The number of rotatable bonds is 4. The third kappa shape index (κ3) is 4.61. The highest BCUT2D eigenvalue weighted by molar-refractivity contribution is 7.99. The monoisotopic (exact) mass is 324 g/mol. The Balaban J connectivity index is 2.15. The van der Waals surface area contributed by atoms with Crippen molar-refractivity contribution in [1.29, 1.82) is 5.26 Å². The van der Waals surface area contributed by atoms with Crippen LogP contribution in [0.5, 0.6) is 0 Å². The molecule has 0 fully saturated rings. The first-order valence-corrected chi connectivity index (χ1v) is 8.41. The summed E-state index contributed by atoms with van der Waals surface area (Å²) in [4.78, 5) is 13.3. The summed E-state index contributed by atoms with van der Waals surface area (Å²) < 4.78 is 0. The number of carbonyl (C=O) groups is 1. The van der Waals surface area contributed by atoms with Crippen LogP contribution in [-0.4, -0.2) is 11.7 Å². The van der Waals surface area contributed by atoms with Gasteiger partial charge in [0.2, 0.25) is 0 Å². The smallest absolute Gasteiger partial charge is 0.256 e. The molecule has 118 valence electrons. The van der Waals surface area contributed by atoms with Gasteiger partial charge in [-0.1, -0.05) is 45.0 Å². The highest BCUT2D eigenvalue weighted by Crippen LogP contribution is 2.25. The Labute approximate surface area is 141 Å². The zero-order chi connectivity index (χ0) is 16.9. The normalized spacial score (nSPS) is 10.9. The molecule has 23 heavy (non-hydrogen) atoms. The van der Waals surface area contributed by atoms with Crippen molar-refractivity contribution in [3.8, 4) is 6.07 Å². The summed E-state index contributed by atoms with van der Waals surface area (Å²) in [5, 5.41) is 11.6. The van der Waals surface area contributed by atoms with Crippen LogP contribution in [0.2, 0.25) is 0 Å². The van der Waals surface area contributed by atoms with Crippen molar-refractivity contribution in [1.82, 2.24) is 0 Å². The summed E-state index contributed by atoms with van der Waals surface area (Å²) in [6, 6.07) is 17.3. The second-order valence-electron chi connectivity index (χ2n) is 6.22. The molecule has 2 aromatic rings. The summed E-state index contributed by atoms with van der Waals surface area (Å²) >= 11 is 1.37. The fraction of sp³-hybridized carbons (Fsp3) is 0.263. The predicted molar refractivity (Wildman–Crippen MR) is 95.9 cm³/mol. The lowest BCUT2D eigenvalue weighted by molar-refractivity contribution is 0.102. The molecule has 0 atom stereocenters. The van der Waals surface area contributed by atoms with Gasteiger partial charge in [0.1, 0.15) is 0 Å². The maximum Gasteiger partial charge on any atom is 0.256 e. The number of amides is 1. The molecular weight excluding hydrogens is 304 g/mol. The minimum Gasteiger partial charge on any atom is -0.322 e. The van der Waals surface area contributed by atoms with E-state index in [4.69, 9.17) is 5.26 Å². The molecule has 0 heterocycles. The van der Waals surface area contributed by atoms with Crippen molar-refractivity contribution >= 4 is 23.4 Å². The van der Waals surface area contributed by atoms with Crippen molar-refractivity contribution < 1.29 is 4.79 Å². The number of anilines is 1. The van der Waals surface area contributed by atoms with Gasteiger partial charge in [0.15, 0.2) is 0 Å². The minimum atomic E-state index is -0.158. The lowest BCUT2D eigenvalue weighted by Crippen LogP contribution is -2.14. The van der Waals surface area contributed by atoms with E-state index in [0.717, 1.165) is 10.6 Å². The number of hydrogen-bond acceptors (Lipinski definition) is 3. The Morgan fingerprint density at radius 3 is 2.39 bits per heavy atom. The van der Waals surface area contributed by atoms with Crippen LogP contribution < -0.4 is 5.32 Å². The van der Waals surface area contributed by atoms with Crippen molar-refractivity contribution in [2.75, 3.05) is 11.1 Å². The number of carbonyl (C=O) groups excluding carboxylic acids is 1. The Bertz CT molecular complexity index is 724. The lowest BCUT2D eigenvalue weighted by atomic mass is 9.87. The highest BCUT2D eigenvalue weighted by Gasteiger charge is 2.14. The third-order valence-electron chi connectivity index (χ3n) is 3.43. The third-order valence-corrected chi connectivity index (χ3v) is 4.37. The second-order valence-corrected chi connectivity index (χ2v) is 7.24. The lowest BCUT2D eigenvalue weighted by Gasteiger charge is -2.19. The van der Waals surface area contributed by atoms with E-state index < -0.39 is 0 Å². The summed E-state index contributed by atoms with van der Waals surface area (Å²) in [6.07, 6.45) is 0. The molecule has 0 aliphatic heterocycles. The van der Waals surface area contributed by atoms with Crippen molar-refractivity contribution in [3.05, 3.63) is 59.7 Å². The van der Waals surface area contributed by atoms with E-state index >= 15 is 0 Å². The van der Waals surface area contributed by atoms with Gasteiger partial charge < -0.3 is 5.32 Å². The molecule has 1 N–H and O–H groups in total. The van der Waals surface area contributed by atoms with E-state index in [0.29, 0.717) is 11.3 Å². The quantitative estimate of drug-likeness (QED) is 0.818. The zero-order valence-corrected chi connectivity index (χ0v) is 14.4. The van der Waals surface area contributed by atoms with E-state index in [9.17, 15) is 4.79 Å². The van der Waals surface area contributed by atoms with Crippen LogP contribution in [0.3, 0.4) is 0 Å². The van der Waals surface area contributed by atoms with Gasteiger partial charge in [-0.2, -0.15) is 5.26 Å². The van der Waals surface area contributed by atoms with Crippen LogP contribution in [-0.2, 0) is 5.41 Å². The van der Waals surface area contributed by atoms with Gasteiger partial charge in [0, 0.05) is 10.6 Å². The van der Waals surface area contributed by atoms with E-state index in [-0.39, 0.29) is 11.3 Å². The van der Waals surface area contributed by atoms with Crippen molar-refractivity contribution in [2.24, 2.45) is 0 Å². The van der Waals surface area contributed by atoms with Gasteiger partial charge in [-0.3, -0.25) is 4.79 Å². The van der Waals surface area contributed by atoms with E-state index in [1.54, 1.807) is 6.07 Å². The number of benzene rings is 2. The first-order valence-electron chi connectivity index (χ1n) is 7.42. The SMILES string of the molecule is CC(C)(C)c1ccc(NC(=O)c2ccccc2SCC#N)cc1. The highest BCUT2D eigenvalue weighted by atomic mass is 32.2. The molecule has 3 nitrogen and oxygen atoms in total. The first kappa shape index (κ1) is 17.1. The molecule has 2 aromatic carbocycles. The molecule has 4 heteroatoms. The van der Waals surface area contributed by atoms with Crippen molar-refractivity contribution in [2.45, 2.75) is 31.1 Å². The van der Waals surface area contributed by atoms with Crippen LogP contribution in [0.1, 0.15) is 36.7 Å². The van der Waals surface area contributed by atoms with Gasteiger partial charge in [-0.15, -0.1) is 11.8 Å². The van der Waals surface area contributed by atoms with Gasteiger partial charge >= 0.3 is 0 Å². The Kier molecular flexibility index (Phi) is 5.46. The molecule has 0 spiro atoms. The van der Waals surface area contributed by atoms with E-state index in [1.165, 1.54) is 17.3 Å². The molecule has 0 unspecified atom stereocenters. The molecule has 0 aliphatic rings. The molecule has 0 saturated carbocycles. The zero-order valence-electron chi connectivity index (χ0n) is 13.6.